The number of fused-ring (bicyclic) bond motifs is 1. The zero-order valence-corrected chi connectivity index (χ0v) is 17.8. The smallest absolute Gasteiger partial charge is 0.134 e. The Kier molecular flexibility index (Phi) is 5.21. The van der Waals surface area contributed by atoms with Crippen LogP contribution in [0.1, 0.15) is 31.1 Å². The van der Waals surface area contributed by atoms with Crippen molar-refractivity contribution in [3.63, 3.8) is 0 Å². The second-order valence-corrected chi connectivity index (χ2v) is 9.21. The van der Waals surface area contributed by atoms with Crippen LogP contribution < -0.4 is 4.90 Å². The number of hydrogen-bond acceptors (Lipinski definition) is 5. The molecule has 6 heteroatoms. The van der Waals surface area contributed by atoms with E-state index in [0.717, 1.165) is 47.5 Å². The summed E-state index contributed by atoms with van der Waals surface area (Å²) in [6, 6.07) is 16.6. The van der Waals surface area contributed by atoms with E-state index in [0.29, 0.717) is 0 Å². The number of ketones is 1. The molecule has 29 heavy (non-hydrogen) atoms. The number of carbonyl (C=O) groups excluding carboxylic acids is 1. The maximum Gasteiger partial charge on any atom is 0.134 e. The van der Waals surface area contributed by atoms with Gasteiger partial charge in [0, 0.05) is 48.2 Å². The van der Waals surface area contributed by atoms with Crippen molar-refractivity contribution >= 4 is 33.0 Å². The molecule has 1 N–H and O–H groups in total. The number of nitrogens with zero attached hydrogens (tertiary/aromatic N) is 2. The second-order valence-electron chi connectivity index (χ2n) is 7.91. The highest BCUT2D eigenvalue weighted by Gasteiger charge is 2.28. The summed E-state index contributed by atoms with van der Waals surface area (Å²) >= 11 is 0. The molecule has 1 saturated heterocycles. The van der Waals surface area contributed by atoms with E-state index in [2.05, 4.69) is 46.8 Å². The highest BCUT2D eigenvalue weighted by Crippen LogP contribution is 2.38. The molecule has 0 bridgehead atoms. The molecule has 2 atom stereocenters. The summed E-state index contributed by atoms with van der Waals surface area (Å²) in [5.41, 5.74) is 5.27. The number of benzene rings is 2. The van der Waals surface area contributed by atoms with E-state index in [4.69, 9.17) is 4.78 Å². The quantitative estimate of drug-likeness (QED) is 0.601. The molecule has 0 aliphatic carbocycles. The van der Waals surface area contributed by atoms with Crippen LogP contribution in [0.3, 0.4) is 0 Å². The molecular weight excluding hydrogens is 382 g/mol. The number of nitrogens with one attached hydrogen (secondary N) is 1. The third-order valence-corrected chi connectivity index (χ3v) is 7.06. The van der Waals surface area contributed by atoms with Crippen molar-refractivity contribution < 1.29 is 9.00 Å². The number of aryl methyl sites for hydroxylation is 1. The van der Waals surface area contributed by atoms with Crippen molar-refractivity contribution in [2.45, 2.75) is 25.5 Å². The molecule has 2 aromatic carbocycles. The van der Waals surface area contributed by atoms with Crippen molar-refractivity contribution in [2.75, 3.05) is 18.0 Å². The summed E-state index contributed by atoms with van der Waals surface area (Å²) in [5, 5.41) is 0.808. The van der Waals surface area contributed by atoms with Gasteiger partial charge in [-0.05, 0) is 37.6 Å². The lowest BCUT2D eigenvalue weighted by molar-refractivity contribution is -0.120. The standard InChI is InChI=1S/C23H26N3O2S/c1-15(27)19-10-11-26(14-19)22-9-8-17(16(2)29(24)28)12-20(22)23-13-18-6-4-5-7-21(18)25(23)3/h4-9,12-13,16,19,24H,10-11,14H2,1-3H3/q-1/t16-,19+/m1/s1. The van der Waals surface area contributed by atoms with Crippen molar-refractivity contribution in [1.82, 2.24) is 4.57 Å². The molecule has 2 heterocycles. The summed E-state index contributed by atoms with van der Waals surface area (Å²) in [6.45, 7) is 5.07. The van der Waals surface area contributed by atoms with Gasteiger partial charge < -0.3 is 18.5 Å². The van der Waals surface area contributed by atoms with Gasteiger partial charge in [0.15, 0.2) is 0 Å². The first-order valence-corrected chi connectivity index (χ1v) is 11.1. The highest BCUT2D eigenvalue weighted by atomic mass is 32.2. The molecule has 1 aliphatic heterocycles. The predicted molar refractivity (Wildman–Crippen MR) is 119 cm³/mol. The molecule has 0 radical (unpaired) electrons. The Labute approximate surface area is 173 Å². The molecule has 3 aromatic rings. The van der Waals surface area contributed by atoms with Crippen LogP contribution in [0.4, 0.5) is 5.69 Å². The summed E-state index contributed by atoms with van der Waals surface area (Å²) in [6.07, 6.45) is 0.874. The highest BCUT2D eigenvalue weighted by molar-refractivity contribution is 7.73. The number of anilines is 1. The van der Waals surface area contributed by atoms with Gasteiger partial charge in [0.05, 0.1) is 5.69 Å². The Morgan fingerprint density at radius 1 is 1.21 bits per heavy atom. The maximum absolute atomic E-state index is 11.9. The topological polar surface area (TPSA) is 66.2 Å². The van der Waals surface area contributed by atoms with Crippen LogP contribution in [0.15, 0.2) is 48.5 Å². The van der Waals surface area contributed by atoms with Crippen LogP contribution in [0.25, 0.3) is 22.2 Å². The average molecular weight is 409 g/mol. The predicted octanol–water partition coefficient (Wildman–Crippen LogP) is 5.05. The molecule has 5 nitrogen and oxygen atoms in total. The van der Waals surface area contributed by atoms with E-state index in [1.165, 1.54) is 5.39 Å². The van der Waals surface area contributed by atoms with E-state index in [1.54, 1.807) is 6.92 Å². The van der Waals surface area contributed by atoms with Crippen molar-refractivity contribution in [1.29, 1.82) is 4.78 Å². The fourth-order valence-electron chi connectivity index (χ4n) is 4.27. The summed E-state index contributed by atoms with van der Waals surface area (Å²) in [7, 11) is 0.377. The monoisotopic (exact) mass is 408 g/mol. The molecule has 1 aromatic heterocycles. The van der Waals surface area contributed by atoms with Gasteiger partial charge >= 0.3 is 0 Å². The van der Waals surface area contributed by atoms with E-state index in [1.807, 2.05) is 25.1 Å². The van der Waals surface area contributed by atoms with Crippen LogP contribution >= 0.6 is 0 Å². The van der Waals surface area contributed by atoms with Gasteiger partial charge in [-0.3, -0.25) is 4.79 Å². The third-order valence-electron chi connectivity index (χ3n) is 6.14. The molecule has 0 amide bonds. The van der Waals surface area contributed by atoms with E-state index < -0.39 is 10.6 Å². The second kappa shape index (κ2) is 7.67. The zero-order valence-electron chi connectivity index (χ0n) is 17.0. The van der Waals surface area contributed by atoms with Crippen LogP contribution in [0.5, 0.6) is 0 Å². The third kappa shape index (κ3) is 3.57. The number of carbonyl (C=O) groups is 1. The molecular formula is C23H26N3O2S-. The minimum Gasteiger partial charge on any atom is -0.444 e. The Bertz CT molecular complexity index is 1150. The van der Waals surface area contributed by atoms with Gasteiger partial charge in [0.1, 0.15) is 5.78 Å². The SMILES string of the molecule is CC(=O)[C@H]1CCN(c2ccc([C@@H](C)[S-](=N)=O)cc2-c2cc3ccccc3n2C)C1. The first-order valence-electron chi connectivity index (χ1n) is 9.93. The number of rotatable bonds is 5. The molecule has 0 spiro atoms. The summed E-state index contributed by atoms with van der Waals surface area (Å²) in [4.78, 5) is 14.2. The van der Waals surface area contributed by atoms with E-state index in [-0.39, 0.29) is 17.0 Å². The normalized spacial score (nSPS) is 17.9. The van der Waals surface area contributed by atoms with Gasteiger partial charge in [0.25, 0.3) is 0 Å². The van der Waals surface area contributed by atoms with Gasteiger partial charge in [0.2, 0.25) is 0 Å². The molecule has 0 saturated carbocycles. The average Bonchev–Trinajstić information content (AvgIpc) is 3.33. The fourth-order valence-corrected chi connectivity index (χ4v) is 4.66. The minimum absolute atomic E-state index is 0.0784. The largest absolute Gasteiger partial charge is 0.444 e. The zero-order chi connectivity index (χ0) is 20.7. The molecule has 4 rings (SSSR count). The Morgan fingerprint density at radius 3 is 2.62 bits per heavy atom. The fraction of sp³-hybridized carbons (Fsp3) is 0.348. The van der Waals surface area contributed by atoms with Gasteiger partial charge in [-0.25, -0.2) is 0 Å². The maximum atomic E-state index is 11.9. The Morgan fingerprint density at radius 2 is 1.97 bits per heavy atom. The van der Waals surface area contributed by atoms with Gasteiger partial charge in [-0.2, -0.15) is 10.6 Å². The number of Topliss-reactive ketones (excluding diaryl/α,β-unsaturated/α-hetero) is 1. The lowest BCUT2D eigenvalue weighted by atomic mass is 10.0. The van der Waals surface area contributed by atoms with Crippen molar-refractivity contribution in [3.05, 3.63) is 54.1 Å². The van der Waals surface area contributed by atoms with Gasteiger partial charge in [-0.1, -0.05) is 42.0 Å². The molecule has 1 aliphatic rings. The first kappa shape index (κ1) is 19.7. The molecule has 152 valence electrons. The summed E-state index contributed by atoms with van der Waals surface area (Å²) in [5.74, 6) is 0.322. The van der Waals surface area contributed by atoms with E-state index >= 15 is 0 Å². The molecule has 1 fully saturated rings. The van der Waals surface area contributed by atoms with Crippen LogP contribution in [0.2, 0.25) is 0 Å². The molecule has 0 unspecified atom stereocenters. The number of para-hydroxylation sites is 1. The Hall–Kier alpha value is -2.60. The lowest BCUT2D eigenvalue weighted by Gasteiger charge is -2.25. The van der Waals surface area contributed by atoms with Gasteiger partial charge in [-0.15, -0.1) is 0 Å². The number of aromatic nitrogens is 1. The van der Waals surface area contributed by atoms with Crippen molar-refractivity contribution in [3.8, 4) is 11.3 Å². The minimum atomic E-state index is -1.68. The van der Waals surface area contributed by atoms with Crippen molar-refractivity contribution in [2.24, 2.45) is 13.0 Å². The summed E-state index contributed by atoms with van der Waals surface area (Å²) < 4.78 is 21.6. The lowest BCUT2D eigenvalue weighted by Crippen LogP contribution is -2.22. The number of hydrogen-bond donors (Lipinski definition) is 1. The van der Waals surface area contributed by atoms with Crippen LogP contribution in [-0.2, 0) is 26.6 Å². The Balaban J connectivity index is 1.87. The van der Waals surface area contributed by atoms with E-state index in [9.17, 15) is 9.00 Å². The van der Waals surface area contributed by atoms with Crippen LogP contribution in [0, 0.1) is 10.7 Å². The first-order chi connectivity index (χ1) is 13.9. The van der Waals surface area contributed by atoms with Crippen LogP contribution in [-0.4, -0.2) is 23.4 Å².